The average Bonchev–Trinajstić information content (AvgIpc) is 3.38. The van der Waals surface area contributed by atoms with Gasteiger partial charge in [0.1, 0.15) is 17.6 Å². The third-order valence-electron chi connectivity index (χ3n) is 7.51. The molecule has 0 radical (unpaired) electrons. The van der Waals surface area contributed by atoms with Crippen LogP contribution >= 0.6 is 0 Å². The summed E-state index contributed by atoms with van der Waals surface area (Å²) in [4.78, 5) is 3.62. The molecule has 0 fully saturated rings. The molecule has 194 valence electrons. The maximum Gasteiger partial charge on any atom is 0.258 e. The molecule has 3 rings (SSSR count). The number of aromatic amines is 1. The molecule has 35 heavy (non-hydrogen) atoms. The molecule has 1 aromatic heterocycles. The van der Waals surface area contributed by atoms with Crippen molar-refractivity contribution in [3.8, 4) is 22.8 Å². The van der Waals surface area contributed by atoms with Gasteiger partial charge in [-0.05, 0) is 60.7 Å². The van der Waals surface area contributed by atoms with Gasteiger partial charge < -0.3 is 24.2 Å². The molecule has 5 nitrogen and oxygen atoms in total. The molecule has 0 saturated carbocycles. The summed E-state index contributed by atoms with van der Waals surface area (Å²) in [6, 6.07) is 11.1. The van der Waals surface area contributed by atoms with E-state index in [1.54, 1.807) is 7.11 Å². The summed E-state index contributed by atoms with van der Waals surface area (Å²) in [5.41, 5.74) is 5.86. The van der Waals surface area contributed by atoms with Gasteiger partial charge in [0.2, 0.25) is 0 Å². The van der Waals surface area contributed by atoms with Crippen molar-refractivity contribution < 1.29 is 13.9 Å². The van der Waals surface area contributed by atoms with Gasteiger partial charge in [0, 0.05) is 30.5 Å². The molecule has 1 aliphatic rings. The van der Waals surface area contributed by atoms with Crippen LogP contribution in [0.3, 0.4) is 0 Å². The smallest absolute Gasteiger partial charge is 0.258 e. The lowest BCUT2D eigenvalue weighted by atomic mass is 10.1. The first-order valence-electron chi connectivity index (χ1n) is 13.2. The Hall–Kier alpha value is -2.18. The number of ether oxygens (including phenoxy) is 2. The lowest BCUT2D eigenvalue weighted by molar-refractivity contribution is 0.0920. The Kier molecular flexibility index (Phi) is 8.81. The number of methoxy groups -OCH3 is 1. The Morgan fingerprint density at radius 1 is 0.857 bits per heavy atom. The van der Waals surface area contributed by atoms with Gasteiger partial charge in [0.05, 0.1) is 18.0 Å². The summed E-state index contributed by atoms with van der Waals surface area (Å²) >= 11 is 0. The Bertz CT molecular complexity index is 989. The predicted octanol–water partition coefficient (Wildman–Crippen LogP) is 7.62. The van der Waals surface area contributed by atoms with Crippen LogP contribution in [0.15, 0.2) is 36.4 Å². The zero-order valence-electron chi connectivity index (χ0n) is 23.4. The number of rotatable bonds is 11. The van der Waals surface area contributed by atoms with Crippen molar-refractivity contribution in [1.82, 2.24) is 10.3 Å². The molecule has 3 atom stereocenters. The fourth-order valence-corrected chi connectivity index (χ4v) is 10.9. The van der Waals surface area contributed by atoms with E-state index in [-0.39, 0.29) is 6.10 Å². The van der Waals surface area contributed by atoms with Gasteiger partial charge >= 0.3 is 0 Å². The topological polar surface area (TPSA) is 55.5 Å². The van der Waals surface area contributed by atoms with Crippen LogP contribution in [0.25, 0.3) is 17.0 Å². The number of H-pyrrole nitrogens is 1. The molecule has 2 aromatic rings. The molecule has 6 heteroatoms. The molecular weight excluding hydrogens is 452 g/mol. The van der Waals surface area contributed by atoms with Gasteiger partial charge in [0.15, 0.2) is 0 Å². The summed E-state index contributed by atoms with van der Waals surface area (Å²) in [5.74, 6) is 2.20. The number of nitrogens with one attached hydrogen (secondary N) is 2. The SMILES string of the molecule is COC[C@H](C)Oc1cc(O[Si](C(C)C)(C(C)C)C(C)C)cc(-c2ccc(C3=C[C@@H](C)[C@H](C)N3)[nH]2)c1. The third-order valence-corrected chi connectivity index (χ3v) is 13.5. The first-order valence-corrected chi connectivity index (χ1v) is 15.3. The van der Waals surface area contributed by atoms with Crippen LogP contribution in [-0.4, -0.2) is 39.2 Å². The molecule has 0 saturated heterocycles. The molecular formula is C29H46N2O3Si. The van der Waals surface area contributed by atoms with E-state index >= 15 is 0 Å². The number of hydrogen-bond acceptors (Lipinski definition) is 4. The van der Waals surface area contributed by atoms with Crippen LogP contribution in [0.4, 0.5) is 0 Å². The Balaban J connectivity index is 2.02. The molecule has 2 heterocycles. The van der Waals surface area contributed by atoms with E-state index < -0.39 is 8.32 Å². The van der Waals surface area contributed by atoms with Gasteiger partial charge in [-0.1, -0.05) is 54.5 Å². The Morgan fingerprint density at radius 3 is 2.00 bits per heavy atom. The van der Waals surface area contributed by atoms with Crippen LogP contribution in [0.1, 0.15) is 68.0 Å². The zero-order valence-corrected chi connectivity index (χ0v) is 24.4. The lowest BCUT2D eigenvalue weighted by Crippen LogP contribution is -2.50. The van der Waals surface area contributed by atoms with E-state index in [1.165, 1.54) is 5.70 Å². The summed E-state index contributed by atoms with van der Waals surface area (Å²) in [6.45, 7) is 20.9. The third kappa shape index (κ3) is 5.97. The number of aromatic nitrogens is 1. The highest BCUT2D eigenvalue weighted by Gasteiger charge is 2.47. The predicted molar refractivity (Wildman–Crippen MR) is 150 cm³/mol. The molecule has 1 aliphatic heterocycles. The van der Waals surface area contributed by atoms with E-state index in [9.17, 15) is 0 Å². The van der Waals surface area contributed by atoms with Gasteiger partial charge in [-0.3, -0.25) is 0 Å². The maximum absolute atomic E-state index is 7.06. The van der Waals surface area contributed by atoms with E-state index in [0.717, 1.165) is 28.5 Å². The van der Waals surface area contributed by atoms with E-state index in [2.05, 4.69) is 102 Å². The van der Waals surface area contributed by atoms with E-state index in [4.69, 9.17) is 13.9 Å². The van der Waals surface area contributed by atoms with Gasteiger partial charge in [-0.15, -0.1) is 0 Å². The fraction of sp³-hybridized carbons (Fsp3) is 0.586. The second kappa shape index (κ2) is 11.3. The van der Waals surface area contributed by atoms with Crippen molar-refractivity contribution in [2.45, 2.75) is 91.1 Å². The van der Waals surface area contributed by atoms with Crippen molar-refractivity contribution in [1.29, 1.82) is 0 Å². The van der Waals surface area contributed by atoms with Crippen molar-refractivity contribution >= 4 is 14.0 Å². The standard InChI is InChI=1S/C29H46N2O3Si/c1-18(2)35(19(3)4,20(5)6)34-26-15-24(14-25(16-26)33-22(8)17-32-10)27-11-12-28(31-27)29-13-21(7)23(9)30-29/h11-16,18-23,30-31H,17H2,1-10H3/t21-,22+,23+/m1/s1. The van der Waals surface area contributed by atoms with Gasteiger partial charge in [0.25, 0.3) is 8.32 Å². The highest BCUT2D eigenvalue weighted by Crippen LogP contribution is 2.44. The molecule has 0 unspecified atom stereocenters. The number of benzene rings is 1. The first kappa shape index (κ1) is 27.4. The lowest BCUT2D eigenvalue weighted by Gasteiger charge is -2.42. The van der Waals surface area contributed by atoms with Crippen LogP contribution in [-0.2, 0) is 4.74 Å². The second-order valence-corrected chi connectivity index (χ2v) is 16.5. The monoisotopic (exact) mass is 498 g/mol. The highest BCUT2D eigenvalue weighted by atomic mass is 28.4. The highest BCUT2D eigenvalue weighted by molar-refractivity contribution is 6.78. The second-order valence-electron chi connectivity index (χ2n) is 11.2. The molecule has 2 N–H and O–H groups in total. The fourth-order valence-electron chi connectivity index (χ4n) is 5.63. The van der Waals surface area contributed by atoms with Crippen LogP contribution in [0.5, 0.6) is 11.5 Å². The molecule has 0 bridgehead atoms. The van der Waals surface area contributed by atoms with E-state index in [1.807, 2.05) is 6.92 Å². The number of hydrogen-bond donors (Lipinski definition) is 2. The summed E-state index contributed by atoms with van der Waals surface area (Å²) in [5, 5.41) is 3.59. The van der Waals surface area contributed by atoms with E-state index in [0.29, 0.717) is 35.2 Å². The first-order chi connectivity index (χ1) is 16.5. The molecule has 0 spiro atoms. The van der Waals surface area contributed by atoms with Crippen LogP contribution in [0, 0.1) is 5.92 Å². The summed E-state index contributed by atoms with van der Waals surface area (Å²) in [6.07, 6.45) is 2.25. The quantitative estimate of drug-likeness (QED) is 0.313. The van der Waals surface area contributed by atoms with Crippen LogP contribution in [0.2, 0.25) is 16.6 Å². The summed E-state index contributed by atoms with van der Waals surface area (Å²) < 4.78 is 18.6. The normalized spacial score (nSPS) is 19.3. The largest absolute Gasteiger partial charge is 0.543 e. The molecule has 1 aromatic carbocycles. The minimum Gasteiger partial charge on any atom is -0.543 e. The van der Waals surface area contributed by atoms with Crippen molar-refractivity contribution in [3.63, 3.8) is 0 Å². The minimum atomic E-state index is -2.11. The minimum absolute atomic E-state index is 0.0552. The Morgan fingerprint density at radius 2 is 1.46 bits per heavy atom. The van der Waals surface area contributed by atoms with Crippen molar-refractivity contribution in [2.75, 3.05) is 13.7 Å². The average molecular weight is 499 g/mol. The Labute approximate surface area is 213 Å². The molecule has 0 amide bonds. The van der Waals surface area contributed by atoms with Crippen molar-refractivity contribution in [3.05, 3.63) is 42.1 Å². The zero-order chi connectivity index (χ0) is 25.9. The van der Waals surface area contributed by atoms with Gasteiger partial charge in [-0.2, -0.15) is 0 Å². The van der Waals surface area contributed by atoms with Crippen molar-refractivity contribution in [2.24, 2.45) is 5.92 Å². The van der Waals surface area contributed by atoms with Crippen LogP contribution < -0.4 is 14.5 Å². The van der Waals surface area contributed by atoms with Gasteiger partial charge in [-0.25, -0.2) is 0 Å². The summed E-state index contributed by atoms with van der Waals surface area (Å²) in [7, 11) is -0.410. The maximum atomic E-state index is 7.06. The molecule has 0 aliphatic carbocycles.